The molecule has 0 saturated heterocycles. The Morgan fingerprint density at radius 2 is 1.73 bits per heavy atom. The van der Waals surface area contributed by atoms with Gasteiger partial charge in [0.15, 0.2) is 0 Å². The Kier molecular flexibility index (Phi) is 7.52. The maximum atomic E-state index is 12.1. The first kappa shape index (κ1) is 19.8. The van der Waals surface area contributed by atoms with Crippen molar-refractivity contribution < 1.29 is 9.53 Å². The molecule has 1 N–H and O–H groups in total. The van der Waals surface area contributed by atoms with Crippen molar-refractivity contribution in [1.29, 1.82) is 0 Å². The molecule has 26 heavy (non-hydrogen) atoms. The topological polar surface area (TPSA) is 41.6 Å². The van der Waals surface area contributed by atoms with E-state index < -0.39 is 0 Å². The van der Waals surface area contributed by atoms with Gasteiger partial charge in [-0.1, -0.05) is 12.1 Å². The maximum absolute atomic E-state index is 12.1. The summed E-state index contributed by atoms with van der Waals surface area (Å²) in [6, 6.07) is 14.2. The van der Waals surface area contributed by atoms with Crippen LogP contribution in [0.3, 0.4) is 0 Å². The molecule has 2 rings (SSSR count). The van der Waals surface area contributed by atoms with Crippen LogP contribution in [0.25, 0.3) is 0 Å². The highest BCUT2D eigenvalue weighted by molar-refractivity contribution is 5.90. The van der Waals surface area contributed by atoms with Gasteiger partial charge in [0.25, 0.3) is 0 Å². The van der Waals surface area contributed by atoms with Gasteiger partial charge in [-0.05, 0) is 75.6 Å². The molecule has 0 radical (unpaired) electrons. The van der Waals surface area contributed by atoms with Crippen LogP contribution in [-0.4, -0.2) is 25.6 Å². The number of carbonyl (C=O) groups excluding carboxylic acids is 1. The van der Waals surface area contributed by atoms with E-state index in [-0.39, 0.29) is 5.91 Å². The summed E-state index contributed by atoms with van der Waals surface area (Å²) in [5.74, 6) is 0.919. The average molecular weight is 354 g/mol. The van der Waals surface area contributed by atoms with Gasteiger partial charge in [-0.25, -0.2) is 0 Å². The zero-order chi connectivity index (χ0) is 18.9. The van der Waals surface area contributed by atoms with Crippen molar-refractivity contribution in [3.63, 3.8) is 0 Å². The lowest BCUT2D eigenvalue weighted by atomic mass is 10.1. The fraction of sp³-hybridized carbons (Fsp3) is 0.409. The monoisotopic (exact) mass is 354 g/mol. The second kappa shape index (κ2) is 9.85. The molecule has 4 heteroatoms. The highest BCUT2D eigenvalue weighted by Gasteiger charge is 2.06. The first-order valence-electron chi connectivity index (χ1n) is 9.38. The number of nitrogens with one attached hydrogen (secondary N) is 1. The molecule has 1 amide bonds. The fourth-order valence-corrected chi connectivity index (χ4v) is 2.85. The van der Waals surface area contributed by atoms with Gasteiger partial charge in [-0.3, -0.25) is 4.79 Å². The van der Waals surface area contributed by atoms with Crippen LogP contribution in [0.4, 0.5) is 11.4 Å². The quantitative estimate of drug-likeness (QED) is 0.648. The van der Waals surface area contributed by atoms with E-state index in [4.69, 9.17) is 4.74 Å². The minimum absolute atomic E-state index is 0.0187. The number of aryl methyl sites for hydroxylation is 2. The van der Waals surface area contributed by atoms with E-state index in [9.17, 15) is 4.79 Å². The number of rotatable bonds is 9. The van der Waals surface area contributed by atoms with Crippen LogP contribution >= 0.6 is 0 Å². The summed E-state index contributed by atoms with van der Waals surface area (Å²) in [7, 11) is 0. The lowest BCUT2D eigenvalue weighted by molar-refractivity contribution is -0.116. The molecule has 0 atom stereocenters. The van der Waals surface area contributed by atoms with Gasteiger partial charge in [0.05, 0.1) is 6.61 Å². The molecule has 0 heterocycles. The maximum Gasteiger partial charge on any atom is 0.224 e. The molecule has 2 aromatic rings. The molecule has 0 aromatic heterocycles. The Hall–Kier alpha value is -2.49. The Morgan fingerprint density at radius 3 is 2.38 bits per heavy atom. The van der Waals surface area contributed by atoms with Gasteiger partial charge < -0.3 is 15.0 Å². The molecule has 140 valence electrons. The normalized spacial score (nSPS) is 10.5. The molecule has 0 aliphatic heterocycles. The van der Waals surface area contributed by atoms with Crippen LogP contribution in [0, 0.1) is 13.8 Å². The molecule has 0 saturated carbocycles. The van der Waals surface area contributed by atoms with E-state index in [1.165, 1.54) is 11.3 Å². The Bertz CT molecular complexity index is 707. The third-order valence-corrected chi connectivity index (χ3v) is 4.43. The van der Waals surface area contributed by atoms with Crippen molar-refractivity contribution in [3.05, 3.63) is 53.6 Å². The molecule has 0 unspecified atom stereocenters. The minimum atomic E-state index is 0.0187. The second-order valence-electron chi connectivity index (χ2n) is 6.49. The lowest BCUT2D eigenvalue weighted by Crippen LogP contribution is -2.21. The van der Waals surface area contributed by atoms with Crippen LogP contribution in [0.5, 0.6) is 5.75 Å². The minimum Gasteiger partial charge on any atom is -0.493 e. The van der Waals surface area contributed by atoms with E-state index in [1.807, 2.05) is 44.2 Å². The summed E-state index contributed by atoms with van der Waals surface area (Å²) >= 11 is 0. The molecular formula is C22H30N2O2. The van der Waals surface area contributed by atoms with Gasteiger partial charge in [0.1, 0.15) is 5.75 Å². The van der Waals surface area contributed by atoms with E-state index in [0.717, 1.165) is 30.1 Å². The van der Waals surface area contributed by atoms with Crippen molar-refractivity contribution in [1.82, 2.24) is 0 Å². The Morgan fingerprint density at radius 1 is 1.04 bits per heavy atom. The number of benzene rings is 2. The summed E-state index contributed by atoms with van der Waals surface area (Å²) in [5, 5.41) is 2.95. The SMILES string of the molecule is CCN(CC)c1ccc(NC(=O)CCCOc2cc(C)ccc2C)cc1. The Labute approximate surface area is 157 Å². The number of amides is 1. The molecule has 0 spiro atoms. The third-order valence-electron chi connectivity index (χ3n) is 4.43. The molecular weight excluding hydrogens is 324 g/mol. The largest absolute Gasteiger partial charge is 0.493 e. The van der Waals surface area contributed by atoms with Crippen molar-refractivity contribution in [2.24, 2.45) is 0 Å². The van der Waals surface area contributed by atoms with Crippen molar-refractivity contribution in [2.45, 2.75) is 40.5 Å². The summed E-state index contributed by atoms with van der Waals surface area (Å²) in [5.41, 5.74) is 4.31. The first-order valence-corrected chi connectivity index (χ1v) is 9.38. The average Bonchev–Trinajstić information content (AvgIpc) is 2.64. The number of hydrogen-bond donors (Lipinski definition) is 1. The van der Waals surface area contributed by atoms with Crippen LogP contribution in [0.1, 0.15) is 37.8 Å². The van der Waals surface area contributed by atoms with Crippen LogP contribution in [0.15, 0.2) is 42.5 Å². The van der Waals surface area contributed by atoms with Gasteiger partial charge in [-0.15, -0.1) is 0 Å². The smallest absolute Gasteiger partial charge is 0.224 e. The van der Waals surface area contributed by atoms with Crippen molar-refractivity contribution in [2.75, 3.05) is 29.9 Å². The second-order valence-corrected chi connectivity index (χ2v) is 6.49. The summed E-state index contributed by atoms with van der Waals surface area (Å²) in [6.07, 6.45) is 1.14. The molecule has 0 fully saturated rings. The fourth-order valence-electron chi connectivity index (χ4n) is 2.85. The van der Waals surface area contributed by atoms with E-state index >= 15 is 0 Å². The molecule has 0 aliphatic carbocycles. The predicted molar refractivity (Wildman–Crippen MR) is 109 cm³/mol. The number of ether oxygens (including phenoxy) is 1. The lowest BCUT2D eigenvalue weighted by Gasteiger charge is -2.21. The van der Waals surface area contributed by atoms with Crippen LogP contribution < -0.4 is 15.0 Å². The number of hydrogen-bond acceptors (Lipinski definition) is 3. The number of nitrogens with zero attached hydrogens (tertiary/aromatic N) is 1. The van der Waals surface area contributed by atoms with Gasteiger partial charge in [0, 0.05) is 30.9 Å². The molecule has 0 aliphatic rings. The summed E-state index contributed by atoms with van der Waals surface area (Å²) in [6.45, 7) is 10.8. The standard InChI is InChI=1S/C22H30N2O2/c1-5-24(6-2)20-13-11-19(12-14-20)23-22(25)8-7-15-26-21-16-17(3)9-10-18(21)4/h9-14,16H,5-8,15H2,1-4H3,(H,23,25). The van der Waals surface area contributed by atoms with Gasteiger partial charge >= 0.3 is 0 Å². The summed E-state index contributed by atoms with van der Waals surface area (Å²) in [4.78, 5) is 14.4. The predicted octanol–water partition coefficient (Wildman–Crippen LogP) is 4.95. The zero-order valence-electron chi connectivity index (χ0n) is 16.3. The van der Waals surface area contributed by atoms with Gasteiger partial charge in [0.2, 0.25) is 5.91 Å². The molecule has 0 bridgehead atoms. The first-order chi connectivity index (χ1) is 12.5. The Balaban J connectivity index is 1.75. The van der Waals surface area contributed by atoms with Gasteiger partial charge in [-0.2, -0.15) is 0 Å². The molecule has 4 nitrogen and oxygen atoms in total. The van der Waals surface area contributed by atoms with Crippen molar-refractivity contribution >= 4 is 17.3 Å². The van der Waals surface area contributed by atoms with E-state index in [2.05, 4.69) is 36.2 Å². The van der Waals surface area contributed by atoms with Crippen LogP contribution in [0.2, 0.25) is 0 Å². The van der Waals surface area contributed by atoms with Crippen molar-refractivity contribution in [3.8, 4) is 5.75 Å². The van der Waals surface area contributed by atoms with Crippen LogP contribution in [-0.2, 0) is 4.79 Å². The number of carbonyl (C=O) groups is 1. The summed E-state index contributed by atoms with van der Waals surface area (Å²) < 4.78 is 5.80. The number of anilines is 2. The highest BCUT2D eigenvalue weighted by atomic mass is 16.5. The molecule has 2 aromatic carbocycles. The van der Waals surface area contributed by atoms with E-state index in [0.29, 0.717) is 19.4 Å². The highest BCUT2D eigenvalue weighted by Crippen LogP contribution is 2.20. The third kappa shape index (κ3) is 5.80. The zero-order valence-corrected chi connectivity index (χ0v) is 16.3. The van der Waals surface area contributed by atoms with E-state index in [1.54, 1.807) is 0 Å².